The van der Waals surface area contributed by atoms with Gasteiger partial charge in [-0.15, -0.1) is 24.0 Å². The second-order valence-corrected chi connectivity index (χ2v) is 5.37. The first kappa shape index (κ1) is 17.3. The van der Waals surface area contributed by atoms with Crippen LogP contribution in [0, 0.1) is 6.92 Å². The summed E-state index contributed by atoms with van der Waals surface area (Å²) in [5.41, 5.74) is 10.5. The second-order valence-electron chi connectivity index (χ2n) is 5.37. The summed E-state index contributed by atoms with van der Waals surface area (Å²) in [6.45, 7) is 2.72. The standard InChI is InChI=1S/C18H20N4.HI/c1-13-6-8-15(9-7-13)22-18(19)20-11-10-14-12-21-17-5-3-2-4-16(14)17;/h2-9,12,21H,10-11H2,1H3,(H3,19,20,22);1H. The highest BCUT2D eigenvalue weighted by Gasteiger charge is 2.02. The molecule has 1 aromatic heterocycles. The first-order valence-electron chi connectivity index (χ1n) is 7.41. The Morgan fingerprint density at radius 3 is 2.65 bits per heavy atom. The van der Waals surface area contributed by atoms with Gasteiger partial charge in [-0.1, -0.05) is 35.9 Å². The van der Waals surface area contributed by atoms with Crippen molar-refractivity contribution in [2.24, 2.45) is 10.7 Å². The number of rotatable bonds is 4. The third-order valence-corrected chi connectivity index (χ3v) is 3.66. The Labute approximate surface area is 153 Å². The minimum absolute atomic E-state index is 0. The maximum absolute atomic E-state index is 5.93. The minimum atomic E-state index is 0. The molecule has 0 atom stereocenters. The number of H-pyrrole nitrogens is 1. The molecule has 4 nitrogen and oxygen atoms in total. The molecule has 0 saturated heterocycles. The van der Waals surface area contributed by atoms with Crippen molar-refractivity contribution < 1.29 is 0 Å². The lowest BCUT2D eigenvalue weighted by Gasteiger charge is -2.05. The number of aromatic amines is 1. The maximum Gasteiger partial charge on any atom is 0.193 e. The van der Waals surface area contributed by atoms with Gasteiger partial charge in [-0.05, 0) is 37.1 Å². The maximum atomic E-state index is 5.93. The fourth-order valence-electron chi connectivity index (χ4n) is 2.46. The van der Waals surface area contributed by atoms with Crippen molar-refractivity contribution in [2.45, 2.75) is 13.3 Å². The monoisotopic (exact) mass is 420 g/mol. The summed E-state index contributed by atoms with van der Waals surface area (Å²) in [4.78, 5) is 7.67. The summed E-state index contributed by atoms with van der Waals surface area (Å²) in [5.74, 6) is 0.448. The SMILES string of the molecule is Cc1ccc(NC(N)=NCCc2c[nH]c3ccccc23)cc1.I. The molecule has 23 heavy (non-hydrogen) atoms. The van der Waals surface area contributed by atoms with E-state index in [1.807, 2.05) is 36.5 Å². The first-order valence-corrected chi connectivity index (χ1v) is 7.41. The number of nitrogens with zero attached hydrogens (tertiary/aromatic N) is 1. The van der Waals surface area contributed by atoms with Crippen molar-refractivity contribution in [2.75, 3.05) is 11.9 Å². The van der Waals surface area contributed by atoms with E-state index in [1.54, 1.807) is 0 Å². The summed E-state index contributed by atoms with van der Waals surface area (Å²) < 4.78 is 0. The molecule has 0 aliphatic rings. The Bertz CT molecular complexity index is 790. The predicted molar refractivity (Wildman–Crippen MR) is 109 cm³/mol. The molecule has 0 amide bonds. The van der Waals surface area contributed by atoms with E-state index in [0.717, 1.165) is 17.6 Å². The average molecular weight is 420 g/mol. The molecule has 0 saturated carbocycles. The number of aliphatic imine (C=N–C) groups is 1. The van der Waals surface area contributed by atoms with Crippen LogP contribution < -0.4 is 11.1 Å². The van der Waals surface area contributed by atoms with Gasteiger partial charge in [0.25, 0.3) is 0 Å². The molecule has 2 aromatic carbocycles. The zero-order chi connectivity index (χ0) is 15.4. The van der Waals surface area contributed by atoms with Gasteiger partial charge in [0.15, 0.2) is 5.96 Å². The van der Waals surface area contributed by atoms with Crippen LogP contribution in [-0.4, -0.2) is 17.5 Å². The lowest BCUT2D eigenvalue weighted by Crippen LogP contribution is -2.23. The van der Waals surface area contributed by atoms with Gasteiger partial charge >= 0.3 is 0 Å². The summed E-state index contributed by atoms with van der Waals surface area (Å²) >= 11 is 0. The molecule has 0 spiro atoms. The van der Waals surface area contributed by atoms with E-state index in [1.165, 1.54) is 16.5 Å². The number of aryl methyl sites for hydroxylation is 1. The number of benzene rings is 2. The minimum Gasteiger partial charge on any atom is -0.370 e. The first-order chi connectivity index (χ1) is 10.7. The zero-order valence-corrected chi connectivity index (χ0v) is 15.4. The van der Waals surface area contributed by atoms with E-state index in [2.05, 4.69) is 40.4 Å². The van der Waals surface area contributed by atoms with Crippen molar-refractivity contribution in [3.63, 3.8) is 0 Å². The van der Waals surface area contributed by atoms with Gasteiger partial charge in [-0.25, -0.2) is 0 Å². The summed E-state index contributed by atoms with van der Waals surface area (Å²) in [6.07, 6.45) is 2.91. The van der Waals surface area contributed by atoms with Crippen LogP contribution in [0.2, 0.25) is 0 Å². The molecular weight excluding hydrogens is 399 g/mol. The van der Waals surface area contributed by atoms with Gasteiger partial charge in [0, 0.05) is 29.3 Å². The highest BCUT2D eigenvalue weighted by Crippen LogP contribution is 2.18. The van der Waals surface area contributed by atoms with E-state index in [-0.39, 0.29) is 24.0 Å². The lowest BCUT2D eigenvalue weighted by molar-refractivity contribution is 0.972. The predicted octanol–water partition coefficient (Wildman–Crippen LogP) is 4.06. The number of hydrogen-bond acceptors (Lipinski definition) is 1. The molecule has 5 heteroatoms. The van der Waals surface area contributed by atoms with Crippen LogP contribution in [0.3, 0.4) is 0 Å². The molecule has 0 unspecified atom stereocenters. The Balaban J connectivity index is 0.00000192. The van der Waals surface area contributed by atoms with Crippen molar-refractivity contribution >= 4 is 46.5 Å². The number of anilines is 1. The van der Waals surface area contributed by atoms with Gasteiger partial charge < -0.3 is 16.0 Å². The van der Waals surface area contributed by atoms with Crippen LogP contribution in [0.5, 0.6) is 0 Å². The fourth-order valence-corrected chi connectivity index (χ4v) is 2.46. The van der Waals surface area contributed by atoms with Crippen molar-refractivity contribution in [1.82, 2.24) is 4.98 Å². The Morgan fingerprint density at radius 1 is 1.13 bits per heavy atom. The fraction of sp³-hybridized carbons (Fsp3) is 0.167. The van der Waals surface area contributed by atoms with Crippen LogP contribution in [0.25, 0.3) is 10.9 Å². The number of nitrogens with two attached hydrogens (primary N) is 1. The third-order valence-electron chi connectivity index (χ3n) is 3.66. The number of halogens is 1. The Morgan fingerprint density at radius 2 is 1.87 bits per heavy atom. The lowest BCUT2D eigenvalue weighted by atomic mass is 10.1. The summed E-state index contributed by atoms with van der Waals surface area (Å²) in [6, 6.07) is 16.4. The van der Waals surface area contributed by atoms with E-state index < -0.39 is 0 Å². The van der Waals surface area contributed by atoms with Crippen LogP contribution in [0.1, 0.15) is 11.1 Å². The van der Waals surface area contributed by atoms with E-state index >= 15 is 0 Å². The number of aromatic nitrogens is 1. The Kier molecular flexibility index (Phi) is 6.04. The van der Waals surface area contributed by atoms with E-state index in [9.17, 15) is 0 Å². The zero-order valence-electron chi connectivity index (χ0n) is 13.0. The quantitative estimate of drug-likeness (QED) is 0.339. The van der Waals surface area contributed by atoms with Crippen LogP contribution >= 0.6 is 24.0 Å². The molecule has 0 radical (unpaired) electrons. The smallest absolute Gasteiger partial charge is 0.193 e. The average Bonchev–Trinajstić information content (AvgIpc) is 2.93. The van der Waals surface area contributed by atoms with Crippen molar-refractivity contribution in [3.8, 4) is 0 Å². The topological polar surface area (TPSA) is 66.2 Å². The molecule has 0 fully saturated rings. The highest BCUT2D eigenvalue weighted by molar-refractivity contribution is 14.0. The highest BCUT2D eigenvalue weighted by atomic mass is 127. The van der Waals surface area contributed by atoms with Gasteiger partial charge in [0.1, 0.15) is 0 Å². The molecule has 120 valence electrons. The van der Waals surface area contributed by atoms with Crippen LogP contribution in [0.15, 0.2) is 59.7 Å². The molecular formula is C18H21IN4. The molecule has 1 heterocycles. The molecule has 0 aliphatic heterocycles. The number of fused-ring (bicyclic) bond motifs is 1. The molecule has 0 bridgehead atoms. The molecule has 3 rings (SSSR count). The van der Waals surface area contributed by atoms with Crippen molar-refractivity contribution in [1.29, 1.82) is 0 Å². The second kappa shape index (κ2) is 8.01. The third kappa shape index (κ3) is 4.48. The van der Waals surface area contributed by atoms with Crippen LogP contribution in [-0.2, 0) is 6.42 Å². The van der Waals surface area contributed by atoms with Gasteiger partial charge in [0.05, 0.1) is 0 Å². The normalized spacial score (nSPS) is 11.3. The Hall–Kier alpha value is -2.02. The number of hydrogen-bond donors (Lipinski definition) is 3. The summed E-state index contributed by atoms with van der Waals surface area (Å²) in [7, 11) is 0. The largest absolute Gasteiger partial charge is 0.370 e. The van der Waals surface area contributed by atoms with Crippen LogP contribution in [0.4, 0.5) is 5.69 Å². The van der Waals surface area contributed by atoms with E-state index in [4.69, 9.17) is 5.73 Å². The van der Waals surface area contributed by atoms with Gasteiger partial charge in [-0.3, -0.25) is 4.99 Å². The van der Waals surface area contributed by atoms with Gasteiger partial charge in [0.2, 0.25) is 0 Å². The van der Waals surface area contributed by atoms with Gasteiger partial charge in [-0.2, -0.15) is 0 Å². The molecule has 3 aromatic rings. The summed E-state index contributed by atoms with van der Waals surface area (Å²) in [5, 5.41) is 4.36. The molecule has 0 aliphatic carbocycles. The number of para-hydroxylation sites is 1. The number of guanidine groups is 1. The molecule has 4 N–H and O–H groups in total. The van der Waals surface area contributed by atoms with Crippen molar-refractivity contribution in [3.05, 3.63) is 65.9 Å². The van der Waals surface area contributed by atoms with E-state index in [0.29, 0.717) is 12.5 Å². The number of nitrogens with one attached hydrogen (secondary N) is 2.